The Bertz CT molecular complexity index is 1280. The number of rotatable bonds is 6. The average Bonchev–Trinajstić information content (AvgIpc) is 3.36. The molecule has 0 fully saturated rings. The van der Waals surface area contributed by atoms with Crippen molar-refractivity contribution >= 4 is 44.9 Å². The number of benzene rings is 1. The summed E-state index contributed by atoms with van der Waals surface area (Å²) in [4.78, 5) is 20.0. The summed E-state index contributed by atoms with van der Waals surface area (Å²) in [5.41, 5.74) is 3.38. The number of carbonyl (C=O) groups is 1. The zero-order valence-electron chi connectivity index (χ0n) is 18.6. The van der Waals surface area contributed by atoms with E-state index in [9.17, 15) is 4.79 Å². The second-order valence-electron chi connectivity index (χ2n) is 8.85. The SMILES string of the molecule is CC(C)c1nc2sc3c(c2c2nnc(SCC(=O)NCc4ccccc4)n12)CC[C@H](C)C3. The van der Waals surface area contributed by atoms with Crippen LogP contribution < -0.4 is 5.32 Å². The number of nitrogens with zero attached hydrogens (tertiary/aromatic N) is 4. The van der Waals surface area contributed by atoms with E-state index in [1.54, 1.807) is 0 Å². The van der Waals surface area contributed by atoms with E-state index in [2.05, 4.69) is 40.7 Å². The number of hydrogen-bond acceptors (Lipinski definition) is 6. The molecule has 166 valence electrons. The maximum Gasteiger partial charge on any atom is 0.230 e. The highest BCUT2D eigenvalue weighted by atomic mass is 32.2. The Morgan fingerprint density at radius 2 is 2.09 bits per heavy atom. The molecule has 1 amide bonds. The number of hydrogen-bond donors (Lipinski definition) is 1. The maximum absolute atomic E-state index is 12.5. The standard InChI is InChI=1S/C24H27N5OS2/c1-14(2)21-26-23-20(17-10-9-15(3)11-18(17)32-23)22-27-28-24(29(21)22)31-13-19(30)25-12-16-7-5-4-6-8-16/h4-8,14-15H,9-13H2,1-3H3,(H,25,30)/t15-/m0/s1. The molecule has 4 aromatic rings. The molecule has 1 N–H and O–H groups in total. The first-order valence-corrected chi connectivity index (χ1v) is 12.9. The van der Waals surface area contributed by atoms with Crippen molar-refractivity contribution in [3.63, 3.8) is 0 Å². The van der Waals surface area contributed by atoms with E-state index in [1.165, 1.54) is 28.6 Å². The fourth-order valence-corrected chi connectivity index (χ4v) is 6.45. The van der Waals surface area contributed by atoms with E-state index in [-0.39, 0.29) is 11.8 Å². The van der Waals surface area contributed by atoms with Crippen molar-refractivity contribution in [1.82, 2.24) is 24.9 Å². The zero-order chi connectivity index (χ0) is 22.2. The lowest BCUT2D eigenvalue weighted by Crippen LogP contribution is -2.24. The number of aryl methyl sites for hydroxylation is 1. The van der Waals surface area contributed by atoms with Crippen molar-refractivity contribution in [2.24, 2.45) is 5.92 Å². The number of fused-ring (bicyclic) bond motifs is 5. The molecule has 0 saturated heterocycles. The van der Waals surface area contributed by atoms with Gasteiger partial charge in [-0.1, -0.05) is 62.9 Å². The first-order valence-electron chi connectivity index (χ1n) is 11.1. The minimum atomic E-state index is -0.0161. The number of carbonyl (C=O) groups excluding carboxylic acids is 1. The quantitative estimate of drug-likeness (QED) is 0.406. The summed E-state index contributed by atoms with van der Waals surface area (Å²) in [6.45, 7) is 7.14. The highest BCUT2D eigenvalue weighted by Crippen LogP contribution is 2.40. The summed E-state index contributed by atoms with van der Waals surface area (Å²) >= 11 is 3.24. The third-order valence-corrected chi connectivity index (χ3v) is 8.05. The maximum atomic E-state index is 12.5. The van der Waals surface area contributed by atoms with Gasteiger partial charge in [-0.25, -0.2) is 4.98 Å². The highest BCUT2D eigenvalue weighted by molar-refractivity contribution is 7.99. The molecule has 1 aliphatic rings. The number of nitrogens with one attached hydrogen (secondary N) is 1. The Morgan fingerprint density at radius 3 is 2.88 bits per heavy atom. The largest absolute Gasteiger partial charge is 0.351 e. The average molecular weight is 466 g/mol. The fourth-order valence-electron chi connectivity index (χ4n) is 4.30. The third kappa shape index (κ3) is 4.01. The highest BCUT2D eigenvalue weighted by Gasteiger charge is 2.26. The molecule has 32 heavy (non-hydrogen) atoms. The molecule has 0 spiro atoms. The molecule has 0 bridgehead atoms. The molecule has 6 nitrogen and oxygen atoms in total. The lowest BCUT2D eigenvalue weighted by molar-refractivity contribution is -0.118. The molecule has 0 radical (unpaired) electrons. The molecule has 1 aromatic carbocycles. The third-order valence-electron chi connectivity index (χ3n) is 5.98. The topological polar surface area (TPSA) is 72.2 Å². The Morgan fingerprint density at radius 1 is 1.28 bits per heavy atom. The van der Waals surface area contributed by atoms with Crippen LogP contribution in [0.3, 0.4) is 0 Å². The van der Waals surface area contributed by atoms with Crippen LogP contribution in [0.2, 0.25) is 0 Å². The van der Waals surface area contributed by atoms with Gasteiger partial charge in [-0.05, 0) is 36.3 Å². The molecular weight excluding hydrogens is 438 g/mol. The van der Waals surface area contributed by atoms with Crippen LogP contribution in [0.25, 0.3) is 15.9 Å². The molecular formula is C24H27N5OS2. The lowest BCUT2D eigenvalue weighted by Gasteiger charge is -2.17. The van der Waals surface area contributed by atoms with E-state index < -0.39 is 0 Å². The van der Waals surface area contributed by atoms with E-state index in [0.717, 1.165) is 51.2 Å². The van der Waals surface area contributed by atoms with Crippen molar-refractivity contribution in [2.75, 3.05) is 5.75 Å². The monoisotopic (exact) mass is 465 g/mol. The Labute approximate surface area is 195 Å². The van der Waals surface area contributed by atoms with Crippen LogP contribution in [0.4, 0.5) is 0 Å². The van der Waals surface area contributed by atoms with Gasteiger partial charge in [0.2, 0.25) is 5.91 Å². The van der Waals surface area contributed by atoms with Gasteiger partial charge in [-0.3, -0.25) is 9.20 Å². The van der Waals surface area contributed by atoms with E-state index in [4.69, 9.17) is 4.98 Å². The fraction of sp³-hybridized carbons (Fsp3) is 0.417. The van der Waals surface area contributed by atoms with Crippen LogP contribution in [-0.2, 0) is 24.2 Å². The van der Waals surface area contributed by atoms with Gasteiger partial charge < -0.3 is 5.32 Å². The van der Waals surface area contributed by atoms with Gasteiger partial charge in [0.05, 0.1) is 11.1 Å². The number of aromatic nitrogens is 4. The van der Waals surface area contributed by atoms with Crippen LogP contribution in [0.5, 0.6) is 0 Å². The number of thioether (sulfide) groups is 1. The predicted octanol–water partition coefficient (Wildman–Crippen LogP) is 5.00. The summed E-state index contributed by atoms with van der Waals surface area (Å²) in [5.74, 6) is 2.17. The minimum Gasteiger partial charge on any atom is -0.351 e. The molecule has 1 atom stereocenters. The second kappa shape index (κ2) is 8.83. The first-order chi connectivity index (χ1) is 15.5. The van der Waals surface area contributed by atoms with Gasteiger partial charge in [0.25, 0.3) is 0 Å². The van der Waals surface area contributed by atoms with Crippen molar-refractivity contribution in [2.45, 2.75) is 57.7 Å². The summed E-state index contributed by atoms with van der Waals surface area (Å²) < 4.78 is 2.08. The van der Waals surface area contributed by atoms with Gasteiger partial charge in [0.1, 0.15) is 10.7 Å². The van der Waals surface area contributed by atoms with Crippen LogP contribution >= 0.6 is 23.1 Å². The summed E-state index contributed by atoms with van der Waals surface area (Å²) in [5, 5.41) is 14.0. The van der Waals surface area contributed by atoms with Gasteiger partial charge in [0.15, 0.2) is 10.8 Å². The second-order valence-corrected chi connectivity index (χ2v) is 10.9. The van der Waals surface area contributed by atoms with Crippen molar-refractivity contribution < 1.29 is 4.79 Å². The molecule has 1 aliphatic carbocycles. The van der Waals surface area contributed by atoms with Gasteiger partial charge in [-0.2, -0.15) is 0 Å². The van der Waals surface area contributed by atoms with Crippen molar-refractivity contribution in [3.8, 4) is 0 Å². The van der Waals surface area contributed by atoms with E-state index in [1.807, 2.05) is 41.7 Å². The van der Waals surface area contributed by atoms with Crippen LogP contribution in [0, 0.1) is 5.92 Å². The number of thiophene rings is 1. The van der Waals surface area contributed by atoms with Crippen molar-refractivity contribution in [1.29, 1.82) is 0 Å². The van der Waals surface area contributed by atoms with E-state index in [0.29, 0.717) is 12.3 Å². The van der Waals surface area contributed by atoms with Crippen LogP contribution in [0.15, 0.2) is 35.5 Å². The van der Waals surface area contributed by atoms with Crippen LogP contribution in [-0.4, -0.2) is 31.2 Å². The summed E-state index contributed by atoms with van der Waals surface area (Å²) in [6, 6.07) is 9.94. The van der Waals surface area contributed by atoms with Crippen LogP contribution in [0.1, 0.15) is 54.9 Å². The molecule has 0 unspecified atom stereocenters. The predicted molar refractivity (Wildman–Crippen MR) is 130 cm³/mol. The van der Waals surface area contributed by atoms with E-state index >= 15 is 0 Å². The normalized spacial score (nSPS) is 16.1. The molecule has 0 saturated carbocycles. The van der Waals surface area contributed by atoms with Gasteiger partial charge in [-0.15, -0.1) is 21.5 Å². The molecule has 5 rings (SSSR count). The Hall–Kier alpha value is -2.45. The smallest absolute Gasteiger partial charge is 0.230 e. The van der Waals surface area contributed by atoms with Gasteiger partial charge in [0, 0.05) is 17.3 Å². The molecule has 3 aromatic heterocycles. The van der Waals surface area contributed by atoms with Crippen molar-refractivity contribution in [3.05, 3.63) is 52.2 Å². The minimum absolute atomic E-state index is 0.0161. The zero-order valence-corrected chi connectivity index (χ0v) is 20.2. The summed E-state index contributed by atoms with van der Waals surface area (Å²) in [6.07, 6.45) is 3.40. The lowest BCUT2D eigenvalue weighted by atomic mass is 9.89. The first kappa shape index (κ1) is 21.4. The Balaban J connectivity index is 1.43. The molecule has 8 heteroatoms. The molecule has 3 heterocycles. The van der Waals surface area contributed by atoms with Gasteiger partial charge >= 0.3 is 0 Å². The Kier molecular flexibility index (Phi) is 5.90. The summed E-state index contributed by atoms with van der Waals surface area (Å²) in [7, 11) is 0. The number of amides is 1. The molecule has 0 aliphatic heterocycles.